The van der Waals surface area contributed by atoms with Gasteiger partial charge in [0.2, 0.25) is 0 Å². The van der Waals surface area contributed by atoms with Crippen LogP contribution in [0.25, 0.3) is 0 Å². The second-order valence-corrected chi connectivity index (χ2v) is 3.87. The van der Waals surface area contributed by atoms with Crippen LogP contribution in [0, 0.1) is 12.3 Å². The molecule has 0 spiro atoms. The lowest BCUT2D eigenvalue weighted by molar-refractivity contribution is 0.787. The topological polar surface area (TPSA) is 24.9 Å². The predicted octanol–water partition coefficient (Wildman–Crippen LogP) is 3.06. The zero-order valence-corrected chi connectivity index (χ0v) is 9.55. The molecule has 0 aliphatic carbocycles. The molecule has 1 rings (SSSR count). The number of aromatic nitrogens is 1. The Bertz CT molecular complexity index is 300. The van der Waals surface area contributed by atoms with Crippen LogP contribution in [0.1, 0.15) is 19.3 Å². The van der Waals surface area contributed by atoms with Crippen molar-refractivity contribution in [2.75, 3.05) is 11.9 Å². The van der Waals surface area contributed by atoms with Crippen LogP contribution in [0.15, 0.2) is 22.8 Å². The highest BCUT2D eigenvalue weighted by Gasteiger charge is 1.92. The molecule has 1 N–H and O–H groups in total. The van der Waals surface area contributed by atoms with E-state index >= 15 is 0 Å². The maximum absolute atomic E-state index is 5.15. The minimum absolute atomic E-state index is 0.857. The van der Waals surface area contributed by atoms with E-state index in [9.17, 15) is 0 Å². The Morgan fingerprint density at radius 3 is 2.93 bits per heavy atom. The van der Waals surface area contributed by atoms with E-state index in [1.807, 2.05) is 12.1 Å². The molecule has 0 saturated heterocycles. The minimum Gasteiger partial charge on any atom is -0.370 e. The summed E-state index contributed by atoms with van der Waals surface area (Å²) in [4.78, 5) is 4.20. The molecule has 0 radical (unpaired) electrons. The van der Waals surface area contributed by atoms with E-state index in [4.69, 9.17) is 6.42 Å². The first-order valence-corrected chi connectivity index (χ1v) is 5.41. The van der Waals surface area contributed by atoms with Gasteiger partial charge in [-0.05, 0) is 40.9 Å². The molecule has 0 saturated carbocycles. The summed E-state index contributed by atoms with van der Waals surface area (Å²) in [6.07, 6.45) is 9.94. The number of hydrogen-bond acceptors (Lipinski definition) is 2. The standard InChI is InChI=1S/C11H13BrN2/c1-2-3-4-5-8-13-11-7-6-10(12)9-14-11/h1,6-7,9H,3-5,8H2,(H,13,14). The highest BCUT2D eigenvalue weighted by Crippen LogP contribution is 2.10. The van der Waals surface area contributed by atoms with Gasteiger partial charge in [0.1, 0.15) is 5.82 Å². The van der Waals surface area contributed by atoms with E-state index in [1.165, 1.54) is 0 Å². The summed E-state index contributed by atoms with van der Waals surface area (Å²) in [6, 6.07) is 3.92. The number of unbranched alkanes of at least 4 members (excludes halogenated alkanes) is 2. The second-order valence-electron chi connectivity index (χ2n) is 2.95. The largest absolute Gasteiger partial charge is 0.370 e. The van der Waals surface area contributed by atoms with Gasteiger partial charge in [0.25, 0.3) is 0 Å². The van der Waals surface area contributed by atoms with Gasteiger partial charge in [-0.25, -0.2) is 4.98 Å². The lowest BCUT2D eigenvalue weighted by Gasteiger charge is -2.03. The van der Waals surface area contributed by atoms with E-state index in [0.717, 1.165) is 36.1 Å². The first-order valence-electron chi connectivity index (χ1n) is 4.62. The SMILES string of the molecule is C#CCCCCNc1ccc(Br)cn1. The molecule has 0 atom stereocenters. The first-order chi connectivity index (χ1) is 6.83. The van der Waals surface area contributed by atoms with Crippen LogP contribution in [0.3, 0.4) is 0 Å². The van der Waals surface area contributed by atoms with E-state index in [1.54, 1.807) is 6.20 Å². The van der Waals surface area contributed by atoms with Gasteiger partial charge in [-0.3, -0.25) is 0 Å². The zero-order valence-electron chi connectivity index (χ0n) is 7.96. The predicted molar refractivity (Wildman–Crippen MR) is 63.1 cm³/mol. The quantitative estimate of drug-likeness (QED) is 0.644. The third-order valence-corrected chi connectivity index (χ3v) is 2.25. The Labute approximate surface area is 93.3 Å². The lowest BCUT2D eigenvalue weighted by Crippen LogP contribution is -2.02. The van der Waals surface area contributed by atoms with Gasteiger partial charge in [0, 0.05) is 23.6 Å². The summed E-state index contributed by atoms with van der Waals surface area (Å²) in [7, 11) is 0. The average molecular weight is 253 g/mol. The molecule has 0 aliphatic heterocycles. The number of halogens is 1. The Hall–Kier alpha value is -1.01. The Morgan fingerprint density at radius 2 is 2.29 bits per heavy atom. The lowest BCUT2D eigenvalue weighted by atomic mass is 10.2. The molecule has 3 heteroatoms. The van der Waals surface area contributed by atoms with E-state index in [0.29, 0.717) is 0 Å². The average Bonchev–Trinajstić information content (AvgIpc) is 2.21. The molecule has 2 nitrogen and oxygen atoms in total. The second kappa shape index (κ2) is 6.44. The number of anilines is 1. The molecular formula is C11H13BrN2. The fourth-order valence-corrected chi connectivity index (χ4v) is 1.28. The van der Waals surface area contributed by atoms with Crippen LogP contribution in [0.4, 0.5) is 5.82 Å². The highest BCUT2D eigenvalue weighted by molar-refractivity contribution is 9.10. The van der Waals surface area contributed by atoms with Gasteiger partial charge >= 0.3 is 0 Å². The van der Waals surface area contributed by atoms with Gasteiger partial charge in [-0.1, -0.05) is 0 Å². The van der Waals surface area contributed by atoms with Gasteiger partial charge in [0.15, 0.2) is 0 Å². The first kappa shape index (κ1) is 11.1. The van der Waals surface area contributed by atoms with Gasteiger partial charge in [-0.15, -0.1) is 12.3 Å². The summed E-state index contributed by atoms with van der Waals surface area (Å²) >= 11 is 3.34. The Morgan fingerprint density at radius 1 is 1.43 bits per heavy atom. The fraction of sp³-hybridized carbons (Fsp3) is 0.364. The third kappa shape index (κ3) is 4.29. The van der Waals surface area contributed by atoms with Crippen molar-refractivity contribution < 1.29 is 0 Å². The summed E-state index contributed by atoms with van der Waals surface area (Å²) in [5.74, 6) is 3.54. The number of nitrogens with zero attached hydrogens (tertiary/aromatic N) is 1. The van der Waals surface area contributed by atoms with Crippen molar-refractivity contribution in [3.05, 3.63) is 22.8 Å². The van der Waals surface area contributed by atoms with Crippen molar-refractivity contribution in [2.24, 2.45) is 0 Å². The van der Waals surface area contributed by atoms with Crippen LogP contribution in [0.5, 0.6) is 0 Å². The maximum Gasteiger partial charge on any atom is 0.125 e. The molecule has 0 fully saturated rings. The summed E-state index contributed by atoms with van der Waals surface area (Å²) in [5, 5.41) is 3.23. The smallest absolute Gasteiger partial charge is 0.125 e. The molecule has 0 aromatic carbocycles. The van der Waals surface area contributed by atoms with Crippen molar-refractivity contribution in [1.29, 1.82) is 0 Å². The molecule has 14 heavy (non-hydrogen) atoms. The summed E-state index contributed by atoms with van der Waals surface area (Å²) in [5.41, 5.74) is 0. The van der Waals surface area contributed by atoms with Gasteiger partial charge in [0.05, 0.1) is 0 Å². The zero-order chi connectivity index (χ0) is 10.2. The van der Waals surface area contributed by atoms with Gasteiger partial charge in [-0.2, -0.15) is 0 Å². The number of hydrogen-bond donors (Lipinski definition) is 1. The molecular weight excluding hydrogens is 240 g/mol. The molecule has 0 unspecified atom stereocenters. The number of nitrogens with one attached hydrogen (secondary N) is 1. The van der Waals surface area contributed by atoms with Crippen LogP contribution >= 0.6 is 15.9 Å². The van der Waals surface area contributed by atoms with Crippen molar-refractivity contribution in [2.45, 2.75) is 19.3 Å². The molecule has 0 aliphatic rings. The van der Waals surface area contributed by atoms with Crippen molar-refractivity contribution in [3.63, 3.8) is 0 Å². The van der Waals surface area contributed by atoms with Crippen LogP contribution in [0.2, 0.25) is 0 Å². The fourth-order valence-electron chi connectivity index (χ4n) is 1.05. The summed E-state index contributed by atoms with van der Waals surface area (Å²) < 4.78 is 0.996. The maximum atomic E-state index is 5.15. The molecule has 1 aromatic heterocycles. The number of pyridine rings is 1. The highest BCUT2D eigenvalue weighted by atomic mass is 79.9. The van der Waals surface area contributed by atoms with E-state index in [-0.39, 0.29) is 0 Å². The molecule has 0 bridgehead atoms. The number of rotatable bonds is 5. The Balaban J connectivity index is 2.19. The molecule has 1 aromatic rings. The molecule has 0 amide bonds. The third-order valence-electron chi connectivity index (χ3n) is 1.78. The van der Waals surface area contributed by atoms with Crippen molar-refractivity contribution in [3.8, 4) is 12.3 Å². The van der Waals surface area contributed by atoms with Crippen molar-refractivity contribution >= 4 is 21.7 Å². The van der Waals surface area contributed by atoms with Crippen molar-refractivity contribution in [1.82, 2.24) is 4.98 Å². The van der Waals surface area contributed by atoms with E-state index < -0.39 is 0 Å². The van der Waals surface area contributed by atoms with Gasteiger partial charge < -0.3 is 5.32 Å². The molecule has 1 heterocycles. The monoisotopic (exact) mass is 252 g/mol. The van der Waals surface area contributed by atoms with E-state index in [2.05, 4.69) is 32.2 Å². The minimum atomic E-state index is 0.857. The summed E-state index contributed by atoms with van der Waals surface area (Å²) in [6.45, 7) is 0.927. The van der Waals surface area contributed by atoms with Crippen LogP contribution in [-0.2, 0) is 0 Å². The number of terminal acetylenes is 1. The van der Waals surface area contributed by atoms with Crippen LogP contribution < -0.4 is 5.32 Å². The normalized spacial score (nSPS) is 9.43. The molecule has 74 valence electrons. The van der Waals surface area contributed by atoms with Crippen LogP contribution in [-0.4, -0.2) is 11.5 Å². The Kier molecular flexibility index (Phi) is 5.09.